The molecular formula is C15H18F3NO2. The number of benzene rings is 1. The molecule has 0 saturated carbocycles. The molecule has 1 heterocycles. The van der Waals surface area contributed by atoms with Crippen LogP contribution in [0.3, 0.4) is 0 Å². The molecule has 3 nitrogen and oxygen atoms in total. The third-order valence-electron chi connectivity index (χ3n) is 3.08. The maximum atomic E-state index is 12.6. The first kappa shape index (κ1) is 15.8. The molecule has 0 aromatic heterocycles. The lowest BCUT2D eigenvalue weighted by Crippen LogP contribution is -2.46. The van der Waals surface area contributed by atoms with Gasteiger partial charge in [0.15, 0.2) is 0 Å². The minimum Gasteiger partial charge on any atom is -0.366 e. The molecule has 0 saturated heterocycles. The predicted octanol–water partition coefficient (Wildman–Crippen LogP) is 3.56. The van der Waals surface area contributed by atoms with Crippen LogP contribution in [0.2, 0.25) is 0 Å². The summed E-state index contributed by atoms with van der Waals surface area (Å²) in [7, 11) is 0. The smallest absolute Gasteiger partial charge is 0.366 e. The monoisotopic (exact) mass is 301 g/mol. The fraction of sp³-hybridized carbons (Fsp3) is 0.533. The van der Waals surface area contributed by atoms with Crippen LogP contribution in [0.1, 0.15) is 42.8 Å². The van der Waals surface area contributed by atoms with E-state index in [9.17, 15) is 18.0 Å². The molecule has 0 N–H and O–H groups in total. The number of carbonyl (C=O) groups excluding carboxylic acids is 1. The Labute approximate surface area is 121 Å². The second-order valence-corrected chi connectivity index (χ2v) is 6.11. The highest BCUT2D eigenvalue weighted by molar-refractivity contribution is 5.97. The first-order valence-corrected chi connectivity index (χ1v) is 6.69. The molecular weight excluding hydrogens is 283 g/mol. The lowest BCUT2D eigenvalue weighted by molar-refractivity contribution is -0.148. The lowest BCUT2D eigenvalue weighted by Gasteiger charge is -2.37. The normalized spacial score (nSPS) is 19.6. The Hall–Kier alpha value is -1.56. The van der Waals surface area contributed by atoms with Crippen LogP contribution < -0.4 is 0 Å². The van der Waals surface area contributed by atoms with Gasteiger partial charge in [-0.2, -0.15) is 13.2 Å². The summed E-state index contributed by atoms with van der Waals surface area (Å²) in [6.45, 7) is 4.15. The molecule has 116 valence electrons. The van der Waals surface area contributed by atoms with Gasteiger partial charge in [0, 0.05) is 5.56 Å². The average Bonchev–Trinajstić information content (AvgIpc) is 2.32. The Kier molecular flexibility index (Phi) is 4.02. The minimum absolute atomic E-state index is 0.0906. The Balaban J connectivity index is 2.34. The molecule has 0 aliphatic carbocycles. The number of alkyl halides is 3. The number of fused-ring (bicyclic) bond motifs is 1. The van der Waals surface area contributed by atoms with Gasteiger partial charge in [0.2, 0.25) is 0 Å². The van der Waals surface area contributed by atoms with E-state index in [2.05, 4.69) is 0 Å². The summed E-state index contributed by atoms with van der Waals surface area (Å²) in [5, 5.41) is 0. The number of nitrogens with zero attached hydrogens (tertiary/aromatic N) is 1. The van der Waals surface area contributed by atoms with Crippen LogP contribution in [0.25, 0.3) is 0 Å². The van der Waals surface area contributed by atoms with Gasteiger partial charge in [-0.3, -0.25) is 4.79 Å². The molecule has 1 aromatic carbocycles. The van der Waals surface area contributed by atoms with Crippen molar-refractivity contribution in [3.63, 3.8) is 0 Å². The summed E-state index contributed by atoms with van der Waals surface area (Å²) in [4.78, 5) is 13.0. The Morgan fingerprint density at radius 3 is 2.43 bits per heavy atom. The standard InChI is InChI=1S/C15H18F3NO2/c1-14(2,3)21-12-8-19(9-15(16,17)18)13(20)11-7-5-4-6-10(11)12/h4-7,12H,8-9H2,1-3H3. The second kappa shape index (κ2) is 5.33. The molecule has 1 aliphatic rings. The van der Waals surface area contributed by atoms with E-state index in [0.717, 1.165) is 4.90 Å². The van der Waals surface area contributed by atoms with Gasteiger partial charge >= 0.3 is 6.18 Å². The van der Waals surface area contributed by atoms with Crippen molar-refractivity contribution in [3.8, 4) is 0 Å². The molecule has 1 amide bonds. The van der Waals surface area contributed by atoms with Crippen molar-refractivity contribution in [3.05, 3.63) is 35.4 Å². The highest BCUT2D eigenvalue weighted by Gasteiger charge is 2.39. The van der Waals surface area contributed by atoms with Gasteiger partial charge in [-0.15, -0.1) is 0 Å². The van der Waals surface area contributed by atoms with Gasteiger partial charge in [-0.05, 0) is 32.4 Å². The van der Waals surface area contributed by atoms with Crippen LogP contribution in [-0.4, -0.2) is 35.7 Å². The lowest BCUT2D eigenvalue weighted by atomic mass is 9.96. The van der Waals surface area contributed by atoms with E-state index < -0.39 is 30.3 Å². The Morgan fingerprint density at radius 2 is 1.86 bits per heavy atom. The van der Waals surface area contributed by atoms with Crippen LogP contribution >= 0.6 is 0 Å². The van der Waals surface area contributed by atoms with Crippen molar-refractivity contribution in [2.75, 3.05) is 13.1 Å². The molecule has 0 bridgehead atoms. The van der Waals surface area contributed by atoms with Gasteiger partial charge in [0.1, 0.15) is 12.6 Å². The van der Waals surface area contributed by atoms with Crippen molar-refractivity contribution in [1.82, 2.24) is 4.90 Å². The van der Waals surface area contributed by atoms with Crippen LogP contribution in [0, 0.1) is 0 Å². The summed E-state index contributed by atoms with van der Waals surface area (Å²) in [6.07, 6.45) is -4.98. The zero-order valence-electron chi connectivity index (χ0n) is 12.2. The van der Waals surface area contributed by atoms with Crippen molar-refractivity contribution < 1.29 is 22.7 Å². The first-order valence-electron chi connectivity index (χ1n) is 6.69. The van der Waals surface area contributed by atoms with Crippen LogP contribution in [0.15, 0.2) is 24.3 Å². The average molecular weight is 301 g/mol. The summed E-state index contributed by atoms with van der Waals surface area (Å²) in [6, 6.07) is 6.67. The van der Waals surface area contributed by atoms with Gasteiger partial charge < -0.3 is 9.64 Å². The quantitative estimate of drug-likeness (QED) is 0.836. The fourth-order valence-electron chi connectivity index (χ4n) is 2.40. The number of hydrogen-bond donors (Lipinski definition) is 0. The molecule has 0 fully saturated rings. The SMILES string of the molecule is CC(C)(C)OC1CN(CC(F)(F)F)C(=O)c2ccccc21. The molecule has 1 atom stereocenters. The number of ether oxygens (including phenoxy) is 1. The van der Waals surface area contributed by atoms with Gasteiger partial charge in [-0.25, -0.2) is 0 Å². The maximum Gasteiger partial charge on any atom is 0.406 e. The van der Waals surface area contributed by atoms with Crippen molar-refractivity contribution in [2.45, 2.75) is 38.7 Å². The van der Waals surface area contributed by atoms with Gasteiger partial charge in [-0.1, -0.05) is 18.2 Å². The molecule has 1 aromatic rings. The summed E-state index contributed by atoms with van der Waals surface area (Å²) in [5.41, 5.74) is 0.417. The predicted molar refractivity (Wildman–Crippen MR) is 72.0 cm³/mol. The van der Waals surface area contributed by atoms with Crippen LogP contribution in [0.5, 0.6) is 0 Å². The Bertz CT molecular complexity index is 534. The number of hydrogen-bond acceptors (Lipinski definition) is 2. The van der Waals surface area contributed by atoms with Gasteiger partial charge in [0.25, 0.3) is 5.91 Å². The molecule has 0 spiro atoms. The highest BCUT2D eigenvalue weighted by Crippen LogP contribution is 2.33. The third kappa shape index (κ3) is 3.97. The molecule has 1 unspecified atom stereocenters. The van der Waals surface area contributed by atoms with E-state index in [4.69, 9.17) is 4.74 Å². The van der Waals surface area contributed by atoms with E-state index in [0.29, 0.717) is 5.56 Å². The zero-order valence-corrected chi connectivity index (χ0v) is 12.2. The maximum absolute atomic E-state index is 12.6. The molecule has 2 rings (SSSR count). The Morgan fingerprint density at radius 1 is 1.24 bits per heavy atom. The van der Waals surface area contributed by atoms with Crippen LogP contribution in [0.4, 0.5) is 13.2 Å². The van der Waals surface area contributed by atoms with Crippen molar-refractivity contribution in [2.24, 2.45) is 0 Å². The largest absolute Gasteiger partial charge is 0.406 e. The third-order valence-corrected chi connectivity index (χ3v) is 3.08. The highest BCUT2D eigenvalue weighted by atomic mass is 19.4. The summed E-state index contributed by atoms with van der Waals surface area (Å²) < 4.78 is 43.7. The number of halogens is 3. The molecule has 0 radical (unpaired) electrons. The van der Waals surface area contributed by atoms with E-state index in [1.54, 1.807) is 24.3 Å². The van der Waals surface area contributed by atoms with E-state index in [1.807, 2.05) is 20.8 Å². The number of rotatable bonds is 2. The minimum atomic E-state index is -4.42. The number of carbonyl (C=O) groups is 1. The zero-order chi connectivity index (χ0) is 15.8. The van der Waals surface area contributed by atoms with Crippen molar-refractivity contribution >= 4 is 5.91 Å². The van der Waals surface area contributed by atoms with Gasteiger partial charge in [0.05, 0.1) is 12.1 Å². The molecule has 1 aliphatic heterocycles. The molecule has 21 heavy (non-hydrogen) atoms. The summed E-state index contributed by atoms with van der Waals surface area (Å²) in [5.74, 6) is -0.600. The summed E-state index contributed by atoms with van der Waals surface area (Å²) >= 11 is 0. The number of amides is 1. The van der Waals surface area contributed by atoms with Crippen LogP contribution in [-0.2, 0) is 4.74 Å². The fourth-order valence-corrected chi connectivity index (χ4v) is 2.40. The second-order valence-electron chi connectivity index (χ2n) is 6.11. The molecule has 6 heteroatoms. The van der Waals surface area contributed by atoms with E-state index in [-0.39, 0.29) is 12.1 Å². The van der Waals surface area contributed by atoms with E-state index >= 15 is 0 Å². The van der Waals surface area contributed by atoms with E-state index in [1.165, 1.54) is 0 Å². The topological polar surface area (TPSA) is 29.5 Å². The first-order chi connectivity index (χ1) is 9.57. The van der Waals surface area contributed by atoms with Crippen molar-refractivity contribution in [1.29, 1.82) is 0 Å².